The van der Waals surface area contributed by atoms with Crippen LogP contribution in [0.5, 0.6) is 0 Å². The van der Waals surface area contributed by atoms with E-state index in [0.29, 0.717) is 6.04 Å². The molecule has 18 heavy (non-hydrogen) atoms. The van der Waals surface area contributed by atoms with Crippen LogP contribution in [0.25, 0.3) is 0 Å². The van der Waals surface area contributed by atoms with Gasteiger partial charge in [-0.1, -0.05) is 33.1 Å². The van der Waals surface area contributed by atoms with Crippen molar-refractivity contribution in [2.45, 2.75) is 83.3 Å². The monoisotopic (exact) mass is 253 g/mol. The molecule has 2 fully saturated rings. The van der Waals surface area contributed by atoms with Gasteiger partial charge in [0.15, 0.2) is 0 Å². The molecule has 0 aromatic carbocycles. The van der Waals surface area contributed by atoms with E-state index >= 15 is 0 Å². The summed E-state index contributed by atoms with van der Waals surface area (Å²) in [6.07, 6.45) is 11.9. The van der Waals surface area contributed by atoms with Gasteiger partial charge in [0.25, 0.3) is 0 Å². The molecule has 0 aromatic heterocycles. The topological polar surface area (TPSA) is 21.3 Å². The lowest BCUT2D eigenvalue weighted by molar-refractivity contribution is -0.121. The summed E-state index contributed by atoms with van der Waals surface area (Å²) >= 11 is 0. The first-order valence-corrected chi connectivity index (χ1v) is 8.17. The van der Waals surface area contributed by atoms with Gasteiger partial charge in [-0.15, -0.1) is 0 Å². The van der Waals surface area contributed by atoms with Gasteiger partial charge in [-0.05, 0) is 51.0 Å². The summed E-state index contributed by atoms with van der Waals surface area (Å²) < 4.78 is 6.21. The van der Waals surface area contributed by atoms with Gasteiger partial charge < -0.3 is 10.1 Å². The summed E-state index contributed by atoms with van der Waals surface area (Å²) in [5, 5.41) is 3.76. The molecule has 0 radical (unpaired) electrons. The molecule has 1 N–H and O–H groups in total. The van der Waals surface area contributed by atoms with E-state index in [-0.39, 0.29) is 5.60 Å². The zero-order valence-electron chi connectivity index (χ0n) is 12.3. The van der Waals surface area contributed by atoms with Crippen molar-refractivity contribution in [3.63, 3.8) is 0 Å². The van der Waals surface area contributed by atoms with Crippen LogP contribution in [0.4, 0.5) is 0 Å². The van der Waals surface area contributed by atoms with E-state index in [1.165, 1.54) is 64.3 Å². The Balaban J connectivity index is 1.91. The van der Waals surface area contributed by atoms with E-state index in [4.69, 9.17) is 4.74 Å². The second-order valence-corrected chi connectivity index (χ2v) is 6.31. The maximum absolute atomic E-state index is 6.21. The van der Waals surface area contributed by atoms with Crippen molar-refractivity contribution >= 4 is 0 Å². The van der Waals surface area contributed by atoms with Crippen LogP contribution < -0.4 is 5.32 Å². The Bertz CT molecular complexity index is 230. The highest BCUT2D eigenvalue weighted by Crippen LogP contribution is 2.41. The van der Waals surface area contributed by atoms with Gasteiger partial charge in [0.1, 0.15) is 0 Å². The van der Waals surface area contributed by atoms with Crippen LogP contribution >= 0.6 is 0 Å². The minimum atomic E-state index is 0.266. The van der Waals surface area contributed by atoms with E-state index < -0.39 is 0 Å². The largest absolute Gasteiger partial charge is 0.375 e. The predicted octanol–water partition coefficient (Wildman–Crippen LogP) is 3.89. The van der Waals surface area contributed by atoms with Crippen molar-refractivity contribution in [1.29, 1.82) is 0 Å². The average molecular weight is 253 g/mol. The van der Waals surface area contributed by atoms with Crippen molar-refractivity contribution in [2.24, 2.45) is 5.92 Å². The molecule has 2 atom stereocenters. The van der Waals surface area contributed by atoms with E-state index in [9.17, 15) is 0 Å². The predicted molar refractivity (Wildman–Crippen MR) is 76.9 cm³/mol. The van der Waals surface area contributed by atoms with Gasteiger partial charge in [0.2, 0.25) is 0 Å². The number of nitrogens with one attached hydrogen (secondary N) is 1. The Hall–Kier alpha value is -0.0800. The van der Waals surface area contributed by atoms with Gasteiger partial charge in [0, 0.05) is 12.6 Å². The summed E-state index contributed by atoms with van der Waals surface area (Å²) in [5.74, 6) is 0.841. The first-order valence-electron chi connectivity index (χ1n) is 8.17. The standard InChI is InChI=1S/C16H31NO/c1-3-11-17-15(4-2)14-8-12-18-16(13-14)9-6-5-7-10-16/h14-15,17H,3-13H2,1-2H3. The fourth-order valence-corrected chi connectivity index (χ4v) is 3.93. The third-order valence-electron chi connectivity index (χ3n) is 4.96. The second-order valence-electron chi connectivity index (χ2n) is 6.31. The zero-order valence-corrected chi connectivity index (χ0v) is 12.3. The molecular weight excluding hydrogens is 222 g/mol. The Morgan fingerprint density at radius 2 is 2.00 bits per heavy atom. The van der Waals surface area contributed by atoms with Crippen LogP contribution in [0.3, 0.4) is 0 Å². The van der Waals surface area contributed by atoms with Crippen LogP contribution in [-0.2, 0) is 4.74 Å². The second kappa shape index (κ2) is 6.91. The van der Waals surface area contributed by atoms with Crippen molar-refractivity contribution in [3.05, 3.63) is 0 Å². The van der Waals surface area contributed by atoms with Crippen LogP contribution in [0.15, 0.2) is 0 Å². The Labute approximate surface area is 113 Å². The molecule has 1 saturated carbocycles. The quantitative estimate of drug-likeness (QED) is 0.802. The average Bonchev–Trinajstić information content (AvgIpc) is 2.41. The van der Waals surface area contributed by atoms with Gasteiger partial charge >= 0.3 is 0 Å². The van der Waals surface area contributed by atoms with E-state index in [1.54, 1.807) is 0 Å². The Kier molecular flexibility index (Phi) is 5.50. The van der Waals surface area contributed by atoms with Gasteiger partial charge in [-0.3, -0.25) is 0 Å². The smallest absolute Gasteiger partial charge is 0.0685 e. The highest BCUT2D eigenvalue weighted by molar-refractivity contribution is 4.92. The molecule has 1 spiro atoms. The first kappa shape index (κ1) is 14.3. The van der Waals surface area contributed by atoms with Crippen LogP contribution in [0, 0.1) is 5.92 Å². The van der Waals surface area contributed by atoms with Crippen molar-refractivity contribution in [1.82, 2.24) is 5.32 Å². The summed E-state index contributed by atoms with van der Waals surface area (Å²) in [4.78, 5) is 0. The Morgan fingerprint density at radius 3 is 2.67 bits per heavy atom. The molecule has 1 heterocycles. The maximum atomic E-state index is 6.21. The summed E-state index contributed by atoms with van der Waals surface area (Å²) in [7, 11) is 0. The lowest BCUT2D eigenvalue weighted by Gasteiger charge is -2.45. The summed E-state index contributed by atoms with van der Waals surface area (Å²) in [6, 6.07) is 0.715. The molecule has 1 aliphatic heterocycles. The first-order chi connectivity index (χ1) is 8.79. The van der Waals surface area contributed by atoms with Crippen molar-refractivity contribution in [3.8, 4) is 0 Å². The third-order valence-corrected chi connectivity index (χ3v) is 4.96. The van der Waals surface area contributed by atoms with Gasteiger partial charge in [0.05, 0.1) is 5.60 Å². The maximum Gasteiger partial charge on any atom is 0.0685 e. The van der Waals surface area contributed by atoms with Crippen LogP contribution in [-0.4, -0.2) is 24.8 Å². The zero-order chi connectivity index (χ0) is 12.8. The highest BCUT2D eigenvalue weighted by Gasteiger charge is 2.40. The van der Waals surface area contributed by atoms with Crippen LogP contribution in [0.1, 0.15) is 71.6 Å². The molecule has 2 nitrogen and oxygen atoms in total. The van der Waals surface area contributed by atoms with Gasteiger partial charge in [-0.25, -0.2) is 0 Å². The number of rotatable bonds is 5. The van der Waals surface area contributed by atoms with Crippen molar-refractivity contribution < 1.29 is 4.74 Å². The van der Waals surface area contributed by atoms with Crippen molar-refractivity contribution in [2.75, 3.05) is 13.2 Å². The van der Waals surface area contributed by atoms with E-state index in [0.717, 1.165) is 12.5 Å². The molecule has 0 bridgehead atoms. The summed E-state index contributed by atoms with van der Waals surface area (Å²) in [5.41, 5.74) is 0.266. The molecule has 2 rings (SSSR count). The lowest BCUT2D eigenvalue weighted by atomic mass is 9.73. The molecule has 0 aromatic rings. The normalized spacial score (nSPS) is 29.3. The summed E-state index contributed by atoms with van der Waals surface area (Å²) in [6.45, 7) is 6.75. The highest BCUT2D eigenvalue weighted by atomic mass is 16.5. The molecule has 1 saturated heterocycles. The minimum Gasteiger partial charge on any atom is -0.375 e. The molecular formula is C16H31NO. The number of hydrogen-bond donors (Lipinski definition) is 1. The van der Waals surface area contributed by atoms with Crippen LogP contribution in [0.2, 0.25) is 0 Å². The molecule has 2 aliphatic rings. The fraction of sp³-hybridized carbons (Fsp3) is 1.00. The Morgan fingerprint density at radius 1 is 1.22 bits per heavy atom. The van der Waals surface area contributed by atoms with Gasteiger partial charge in [-0.2, -0.15) is 0 Å². The third kappa shape index (κ3) is 3.48. The lowest BCUT2D eigenvalue weighted by Crippen LogP contribution is -2.47. The molecule has 1 aliphatic carbocycles. The molecule has 0 amide bonds. The van der Waals surface area contributed by atoms with E-state index in [2.05, 4.69) is 19.2 Å². The minimum absolute atomic E-state index is 0.266. The number of ether oxygens (including phenoxy) is 1. The fourth-order valence-electron chi connectivity index (χ4n) is 3.93. The number of hydrogen-bond acceptors (Lipinski definition) is 2. The van der Waals surface area contributed by atoms with E-state index in [1.807, 2.05) is 0 Å². The molecule has 2 unspecified atom stereocenters. The molecule has 2 heteroatoms. The molecule has 106 valence electrons. The SMILES string of the molecule is CCCNC(CC)C1CCOC2(CCCCC2)C1.